The molecule has 0 aliphatic carbocycles. The maximum atomic E-state index is 4.77. The van der Waals surface area contributed by atoms with Crippen LogP contribution in [0.2, 0.25) is 0 Å². The maximum absolute atomic E-state index is 4.77. The summed E-state index contributed by atoms with van der Waals surface area (Å²) in [5, 5.41) is 3.19. The highest BCUT2D eigenvalue weighted by molar-refractivity contribution is 14.1. The number of halogens is 1. The first-order valence-corrected chi connectivity index (χ1v) is 7.91. The lowest BCUT2D eigenvalue weighted by Gasteiger charge is -2.32. The zero-order valence-electron chi connectivity index (χ0n) is 11.9. The molecule has 0 saturated carbocycles. The third-order valence-corrected chi connectivity index (χ3v) is 4.55. The number of likely N-dealkylation sites (N-methyl/N-ethyl adjacent to an activating group) is 1. The van der Waals surface area contributed by atoms with Crippen LogP contribution in [-0.4, -0.2) is 55.1 Å². The zero-order chi connectivity index (χ0) is 13.8. The molecule has 19 heavy (non-hydrogen) atoms. The Morgan fingerprint density at radius 2 is 1.89 bits per heavy atom. The lowest BCUT2D eigenvalue weighted by molar-refractivity contribution is 0.311. The predicted molar refractivity (Wildman–Crippen MR) is 88.0 cm³/mol. The van der Waals surface area contributed by atoms with Gasteiger partial charge in [0.05, 0.1) is 9.26 Å². The van der Waals surface area contributed by atoms with E-state index in [0.717, 1.165) is 60.1 Å². The van der Waals surface area contributed by atoms with E-state index in [-0.39, 0.29) is 0 Å². The van der Waals surface area contributed by atoms with Gasteiger partial charge in [-0.15, -0.1) is 0 Å². The number of piperazine rings is 1. The van der Waals surface area contributed by atoms with Crippen LogP contribution in [0.5, 0.6) is 0 Å². The summed E-state index contributed by atoms with van der Waals surface area (Å²) in [6, 6.07) is 0. The van der Waals surface area contributed by atoms with Gasteiger partial charge in [0.15, 0.2) is 0 Å². The van der Waals surface area contributed by atoms with E-state index in [0.29, 0.717) is 0 Å². The van der Waals surface area contributed by atoms with Crippen molar-refractivity contribution in [1.82, 2.24) is 14.9 Å². The predicted octanol–water partition coefficient (Wildman–Crippen LogP) is 1.83. The van der Waals surface area contributed by atoms with E-state index in [1.165, 1.54) is 0 Å². The molecule has 5 nitrogen and oxygen atoms in total. The SMILES string of the molecule is CCCc1nc(N2CCN(C)CC2)nc(NC)c1I. The quantitative estimate of drug-likeness (QED) is 0.814. The van der Waals surface area contributed by atoms with Gasteiger partial charge >= 0.3 is 0 Å². The Hall–Kier alpha value is -0.630. The highest BCUT2D eigenvalue weighted by atomic mass is 127. The van der Waals surface area contributed by atoms with E-state index in [9.17, 15) is 0 Å². The summed E-state index contributed by atoms with van der Waals surface area (Å²) < 4.78 is 1.15. The number of aromatic nitrogens is 2. The summed E-state index contributed by atoms with van der Waals surface area (Å²) >= 11 is 2.34. The van der Waals surface area contributed by atoms with Crippen LogP contribution in [0.15, 0.2) is 0 Å². The fourth-order valence-corrected chi connectivity index (χ4v) is 2.98. The number of hydrogen-bond acceptors (Lipinski definition) is 5. The lowest BCUT2D eigenvalue weighted by Crippen LogP contribution is -2.45. The van der Waals surface area contributed by atoms with Gasteiger partial charge in [0.1, 0.15) is 5.82 Å². The molecule has 0 amide bonds. The molecule has 1 N–H and O–H groups in total. The Morgan fingerprint density at radius 1 is 1.21 bits per heavy atom. The van der Waals surface area contributed by atoms with Gasteiger partial charge in [0.2, 0.25) is 5.95 Å². The minimum absolute atomic E-state index is 0.876. The van der Waals surface area contributed by atoms with Crippen molar-refractivity contribution < 1.29 is 0 Å². The van der Waals surface area contributed by atoms with Gasteiger partial charge < -0.3 is 15.1 Å². The topological polar surface area (TPSA) is 44.3 Å². The van der Waals surface area contributed by atoms with Crippen molar-refractivity contribution in [3.63, 3.8) is 0 Å². The molecule has 1 aromatic rings. The van der Waals surface area contributed by atoms with E-state index >= 15 is 0 Å². The van der Waals surface area contributed by atoms with Crippen LogP contribution in [0.25, 0.3) is 0 Å². The van der Waals surface area contributed by atoms with Crippen molar-refractivity contribution in [3.8, 4) is 0 Å². The first-order valence-electron chi connectivity index (χ1n) is 6.83. The molecule has 0 aromatic carbocycles. The van der Waals surface area contributed by atoms with Gasteiger partial charge in [-0.25, -0.2) is 4.98 Å². The summed E-state index contributed by atoms with van der Waals surface area (Å²) in [5.74, 6) is 1.83. The summed E-state index contributed by atoms with van der Waals surface area (Å²) in [6.07, 6.45) is 2.12. The van der Waals surface area contributed by atoms with Gasteiger partial charge in [-0.1, -0.05) is 13.3 Å². The molecule has 2 heterocycles. The van der Waals surface area contributed by atoms with Crippen molar-refractivity contribution in [2.24, 2.45) is 0 Å². The normalized spacial score (nSPS) is 16.7. The molecule has 1 fully saturated rings. The van der Waals surface area contributed by atoms with Crippen molar-refractivity contribution in [2.75, 3.05) is 50.5 Å². The van der Waals surface area contributed by atoms with Gasteiger partial charge in [0.25, 0.3) is 0 Å². The van der Waals surface area contributed by atoms with Crippen LogP contribution in [-0.2, 0) is 6.42 Å². The Labute approximate surface area is 128 Å². The monoisotopic (exact) mass is 375 g/mol. The van der Waals surface area contributed by atoms with Crippen LogP contribution in [0.3, 0.4) is 0 Å². The average Bonchev–Trinajstić information content (AvgIpc) is 2.42. The molecule has 1 aliphatic heterocycles. The molecule has 1 aliphatic rings. The number of anilines is 2. The summed E-state index contributed by atoms with van der Waals surface area (Å²) in [4.78, 5) is 14.1. The van der Waals surface area contributed by atoms with Crippen LogP contribution < -0.4 is 10.2 Å². The molecular weight excluding hydrogens is 353 g/mol. The van der Waals surface area contributed by atoms with Crippen LogP contribution in [0, 0.1) is 3.57 Å². The second-order valence-electron chi connectivity index (χ2n) is 4.92. The molecular formula is C13H22IN5. The highest BCUT2D eigenvalue weighted by Gasteiger charge is 2.19. The minimum atomic E-state index is 0.876. The van der Waals surface area contributed by atoms with E-state index in [1.807, 2.05) is 7.05 Å². The van der Waals surface area contributed by atoms with Gasteiger partial charge in [0, 0.05) is 33.2 Å². The fraction of sp³-hybridized carbons (Fsp3) is 0.692. The average molecular weight is 375 g/mol. The Kier molecular flexibility index (Phi) is 5.20. The molecule has 0 radical (unpaired) electrons. The Balaban J connectivity index is 2.27. The van der Waals surface area contributed by atoms with Gasteiger partial charge in [-0.3, -0.25) is 0 Å². The Bertz CT molecular complexity index is 429. The molecule has 1 aromatic heterocycles. The summed E-state index contributed by atoms with van der Waals surface area (Å²) in [7, 11) is 4.08. The number of hydrogen-bond donors (Lipinski definition) is 1. The Morgan fingerprint density at radius 3 is 2.47 bits per heavy atom. The van der Waals surface area contributed by atoms with Crippen LogP contribution in [0.4, 0.5) is 11.8 Å². The fourth-order valence-electron chi connectivity index (χ4n) is 2.20. The lowest BCUT2D eigenvalue weighted by atomic mass is 10.2. The van der Waals surface area contributed by atoms with Crippen LogP contribution >= 0.6 is 22.6 Å². The summed E-state index contributed by atoms with van der Waals surface area (Å²) in [5.41, 5.74) is 1.16. The van der Waals surface area contributed by atoms with Crippen molar-refractivity contribution >= 4 is 34.4 Å². The van der Waals surface area contributed by atoms with E-state index in [2.05, 4.69) is 56.7 Å². The molecule has 1 saturated heterocycles. The molecule has 0 atom stereocenters. The molecule has 0 spiro atoms. The highest BCUT2D eigenvalue weighted by Crippen LogP contribution is 2.23. The van der Waals surface area contributed by atoms with E-state index < -0.39 is 0 Å². The number of aryl methyl sites for hydroxylation is 1. The third-order valence-electron chi connectivity index (χ3n) is 3.42. The van der Waals surface area contributed by atoms with Crippen molar-refractivity contribution in [3.05, 3.63) is 9.26 Å². The molecule has 2 rings (SSSR count). The van der Waals surface area contributed by atoms with E-state index in [1.54, 1.807) is 0 Å². The molecule has 0 unspecified atom stereocenters. The van der Waals surface area contributed by atoms with Gasteiger partial charge in [-0.05, 0) is 36.1 Å². The third kappa shape index (κ3) is 3.47. The molecule has 106 valence electrons. The minimum Gasteiger partial charge on any atom is -0.372 e. The first-order chi connectivity index (χ1) is 9.15. The standard InChI is InChI=1S/C13H22IN5/c1-4-5-10-11(14)12(15-2)17-13(16-10)19-8-6-18(3)7-9-19/h4-9H2,1-3H3,(H,15,16,17). The van der Waals surface area contributed by atoms with Crippen LogP contribution in [0.1, 0.15) is 19.0 Å². The van der Waals surface area contributed by atoms with Gasteiger partial charge in [-0.2, -0.15) is 4.98 Å². The largest absolute Gasteiger partial charge is 0.372 e. The van der Waals surface area contributed by atoms with Crippen molar-refractivity contribution in [1.29, 1.82) is 0 Å². The maximum Gasteiger partial charge on any atom is 0.227 e. The van der Waals surface area contributed by atoms with Crippen molar-refractivity contribution in [2.45, 2.75) is 19.8 Å². The smallest absolute Gasteiger partial charge is 0.227 e. The summed E-state index contributed by atoms with van der Waals surface area (Å²) in [6.45, 7) is 6.35. The number of rotatable bonds is 4. The molecule has 0 bridgehead atoms. The second kappa shape index (κ2) is 6.69. The second-order valence-corrected chi connectivity index (χ2v) is 6.00. The van der Waals surface area contributed by atoms with E-state index in [4.69, 9.17) is 4.98 Å². The first kappa shape index (κ1) is 14.8. The molecule has 6 heteroatoms. The number of nitrogens with one attached hydrogen (secondary N) is 1. The zero-order valence-corrected chi connectivity index (χ0v) is 14.1. The number of nitrogens with zero attached hydrogens (tertiary/aromatic N) is 4.